The van der Waals surface area contributed by atoms with Gasteiger partial charge in [-0.15, -0.1) is 0 Å². The van der Waals surface area contributed by atoms with Crippen molar-refractivity contribution in [2.75, 3.05) is 0 Å². The Hall–Kier alpha value is -1.10. The molecule has 0 fully saturated rings. The molecule has 11 heavy (non-hydrogen) atoms. The molecule has 0 aliphatic carbocycles. The highest BCUT2D eigenvalue weighted by Crippen LogP contribution is 2.07. The van der Waals surface area contributed by atoms with Crippen molar-refractivity contribution in [2.45, 2.75) is 19.8 Å². The Morgan fingerprint density at radius 2 is 1.82 bits per heavy atom. The lowest BCUT2D eigenvalue weighted by Crippen LogP contribution is -2.16. The second kappa shape index (κ2) is 5.67. The Kier molecular flexibility index (Phi) is 6.47. The molecule has 0 bridgehead atoms. The summed E-state index contributed by atoms with van der Waals surface area (Å²) < 4.78 is 0. The molecular formula is C6H13NO4. The summed E-state index contributed by atoms with van der Waals surface area (Å²) in [6, 6.07) is 0. The highest BCUT2D eigenvalue weighted by atomic mass is 16.4. The van der Waals surface area contributed by atoms with Crippen LogP contribution in [0.15, 0.2) is 0 Å². The average Bonchev–Trinajstić information content (AvgIpc) is 1.81. The molecule has 0 saturated carbocycles. The van der Waals surface area contributed by atoms with Crippen LogP contribution in [0.25, 0.3) is 0 Å². The van der Waals surface area contributed by atoms with Crippen LogP contribution in [0.3, 0.4) is 0 Å². The largest absolute Gasteiger partial charge is 0.481 e. The summed E-state index contributed by atoms with van der Waals surface area (Å²) in [7, 11) is 0. The van der Waals surface area contributed by atoms with Crippen LogP contribution in [-0.4, -0.2) is 22.2 Å². The molecule has 0 aromatic carbocycles. The van der Waals surface area contributed by atoms with Crippen LogP contribution in [-0.2, 0) is 9.59 Å². The van der Waals surface area contributed by atoms with Gasteiger partial charge in [0.2, 0.25) is 0 Å². The molecule has 0 aromatic heterocycles. The number of hydrogen-bond acceptors (Lipinski definition) is 3. The van der Waals surface area contributed by atoms with Crippen molar-refractivity contribution in [3.8, 4) is 0 Å². The zero-order valence-corrected chi connectivity index (χ0v) is 6.41. The standard InChI is InChI=1S/C6H10O4.H3N/c1-2-4(6(9)10)3-5(7)8;/h4H,2-3H2,1H3,(H,7,8)(H,9,10);1H3. The van der Waals surface area contributed by atoms with Crippen molar-refractivity contribution in [2.24, 2.45) is 5.92 Å². The molecule has 0 saturated heterocycles. The van der Waals surface area contributed by atoms with Gasteiger partial charge in [0.05, 0.1) is 12.3 Å². The van der Waals surface area contributed by atoms with Crippen LogP contribution in [0, 0.1) is 5.92 Å². The third-order valence-electron chi connectivity index (χ3n) is 1.26. The first kappa shape index (κ1) is 12.6. The van der Waals surface area contributed by atoms with E-state index in [9.17, 15) is 9.59 Å². The summed E-state index contributed by atoms with van der Waals surface area (Å²) in [5.41, 5.74) is 0. The van der Waals surface area contributed by atoms with Crippen molar-refractivity contribution in [1.29, 1.82) is 0 Å². The smallest absolute Gasteiger partial charge is 0.307 e. The van der Waals surface area contributed by atoms with Gasteiger partial charge in [0.25, 0.3) is 0 Å². The van der Waals surface area contributed by atoms with Crippen LogP contribution in [0.5, 0.6) is 0 Å². The fourth-order valence-electron chi connectivity index (χ4n) is 0.617. The van der Waals surface area contributed by atoms with E-state index >= 15 is 0 Å². The molecule has 66 valence electrons. The van der Waals surface area contributed by atoms with Crippen molar-refractivity contribution in [1.82, 2.24) is 6.15 Å². The predicted molar refractivity (Wildman–Crippen MR) is 38.7 cm³/mol. The minimum Gasteiger partial charge on any atom is -0.481 e. The number of carboxylic acids is 2. The van der Waals surface area contributed by atoms with Gasteiger partial charge in [-0.3, -0.25) is 9.59 Å². The van der Waals surface area contributed by atoms with Gasteiger partial charge in [-0.25, -0.2) is 0 Å². The minimum absolute atomic E-state index is 0. The van der Waals surface area contributed by atoms with Gasteiger partial charge < -0.3 is 16.4 Å². The molecule has 0 spiro atoms. The molecule has 5 N–H and O–H groups in total. The summed E-state index contributed by atoms with van der Waals surface area (Å²) in [5, 5.41) is 16.6. The summed E-state index contributed by atoms with van der Waals surface area (Å²) in [6.07, 6.45) is 0.0769. The van der Waals surface area contributed by atoms with E-state index < -0.39 is 17.9 Å². The topological polar surface area (TPSA) is 110 Å². The van der Waals surface area contributed by atoms with E-state index in [1.807, 2.05) is 0 Å². The van der Waals surface area contributed by atoms with E-state index in [1.54, 1.807) is 6.92 Å². The van der Waals surface area contributed by atoms with Crippen molar-refractivity contribution >= 4 is 11.9 Å². The zero-order valence-electron chi connectivity index (χ0n) is 6.41. The summed E-state index contributed by atoms with van der Waals surface area (Å²) in [4.78, 5) is 20.2. The normalized spacial score (nSPS) is 11.4. The van der Waals surface area contributed by atoms with Gasteiger partial charge in [0.15, 0.2) is 0 Å². The fraction of sp³-hybridized carbons (Fsp3) is 0.667. The second-order valence-electron chi connectivity index (χ2n) is 2.04. The van der Waals surface area contributed by atoms with E-state index in [2.05, 4.69) is 0 Å². The van der Waals surface area contributed by atoms with E-state index in [4.69, 9.17) is 10.2 Å². The van der Waals surface area contributed by atoms with Crippen LogP contribution >= 0.6 is 0 Å². The molecular weight excluding hydrogens is 150 g/mol. The fourth-order valence-corrected chi connectivity index (χ4v) is 0.617. The number of aliphatic carboxylic acids is 2. The van der Waals surface area contributed by atoms with Gasteiger partial charge in [0.1, 0.15) is 0 Å². The molecule has 0 heterocycles. The maximum Gasteiger partial charge on any atom is 0.307 e. The van der Waals surface area contributed by atoms with Gasteiger partial charge in [0, 0.05) is 0 Å². The molecule has 5 nitrogen and oxygen atoms in total. The molecule has 0 aromatic rings. The lowest BCUT2D eigenvalue weighted by atomic mass is 10.0. The number of carbonyl (C=O) groups is 2. The summed E-state index contributed by atoms with van der Waals surface area (Å²) in [5.74, 6) is -2.84. The van der Waals surface area contributed by atoms with Gasteiger partial charge >= 0.3 is 11.9 Å². The third kappa shape index (κ3) is 5.35. The predicted octanol–water partition coefficient (Wildman–Crippen LogP) is 0.734. The Bertz CT molecular complexity index is 146. The first-order chi connectivity index (χ1) is 4.57. The zero-order chi connectivity index (χ0) is 8.15. The third-order valence-corrected chi connectivity index (χ3v) is 1.26. The van der Waals surface area contributed by atoms with Crippen LogP contribution in [0.1, 0.15) is 19.8 Å². The molecule has 0 rings (SSSR count). The highest BCUT2D eigenvalue weighted by molar-refractivity contribution is 5.77. The van der Waals surface area contributed by atoms with Gasteiger partial charge in [-0.1, -0.05) is 6.92 Å². The van der Waals surface area contributed by atoms with Crippen molar-refractivity contribution in [3.63, 3.8) is 0 Å². The number of rotatable bonds is 4. The van der Waals surface area contributed by atoms with Crippen LogP contribution in [0.4, 0.5) is 0 Å². The SMILES string of the molecule is CCC(CC(=O)O)C(=O)O.N. The van der Waals surface area contributed by atoms with Crippen molar-refractivity contribution < 1.29 is 19.8 Å². The monoisotopic (exact) mass is 163 g/mol. The van der Waals surface area contributed by atoms with Crippen molar-refractivity contribution in [3.05, 3.63) is 0 Å². The Balaban J connectivity index is 0. The van der Waals surface area contributed by atoms with Crippen LogP contribution in [0.2, 0.25) is 0 Å². The Labute approximate surface area is 64.6 Å². The van der Waals surface area contributed by atoms with E-state index in [1.165, 1.54) is 0 Å². The lowest BCUT2D eigenvalue weighted by Gasteiger charge is -2.03. The summed E-state index contributed by atoms with van der Waals surface area (Å²) >= 11 is 0. The quantitative estimate of drug-likeness (QED) is 0.566. The molecule has 5 heteroatoms. The second-order valence-corrected chi connectivity index (χ2v) is 2.04. The van der Waals surface area contributed by atoms with E-state index in [0.717, 1.165) is 0 Å². The first-order valence-corrected chi connectivity index (χ1v) is 3.02. The highest BCUT2D eigenvalue weighted by Gasteiger charge is 2.17. The maximum atomic E-state index is 10.2. The molecule has 0 amide bonds. The molecule has 0 aliphatic rings. The molecule has 0 radical (unpaired) electrons. The van der Waals surface area contributed by atoms with Crippen LogP contribution < -0.4 is 6.15 Å². The summed E-state index contributed by atoms with van der Waals surface area (Å²) in [6.45, 7) is 1.65. The molecule has 0 aliphatic heterocycles. The number of hydrogen-bond donors (Lipinski definition) is 3. The van der Waals surface area contributed by atoms with Gasteiger partial charge in [-0.05, 0) is 6.42 Å². The first-order valence-electron chi connectivity index (χ1n) is 3.02. The Morgan fingerprint density at radius 1 is 1.36 bits per heavy atom. The minimum atomic E-state index is -1.06. The maximum absolute atomic E-state index is 10.2. The molecule has 1 atom stereocenters. The number of carboxylic acid groups (broad SMARTS) is 2. The van der Waals surface area contributed by atoms with Gasteiger partial charge in [-0.2, -0.15) is 0 Å². The van der Waals surface area contributed by atoms with E-state index in [-0.39, 0.29) is 12.6 Å². The average molecular weight is 163 g/mol. The lowest BCUT2D eigenvalue weighted by molar-refractivity contribution is -0.148. The van der Waals surface area contributed by atoms with E-state index in [0.29, 0.717) is 6.42 Å². The molecule has 1 unspecified atom stereocenters. The Morgan fingerprint density at radius 3 is 1.91 bits per heavy atom.